The molecule has 0 saturated carbocycles. The number of unbranched alkanes of at least 4 members (excludes halogenated alkanes) is 1. The molecule has 0 fully saturated rings. The number of allylic oxidation sites excluding steroid dienone is 1. The highest BCUT2D eigenvalue weighted by atomic mass is 16.4. The van der Waals surface area contributed by atoms with Gasteiger partial charge in [-0.15, -0.1) is 0 Å². The van der Waals surface area contributed by atoms with Crippen molar-refractivity contribution in [1.82, 2.24) is 37.2 Å². The Morgan fingerprint density at radius 3 is 1.25 bits per heavy atom. The van der Waals surface area contributed by atoms with Gasteiger partial charge in [-0.1, -0.05) is 109 Å². The molecule has 7 amide bonds. The molecule has 71 heavy (non-hydrogen) atoms. The summed E-state index contributed by atoms with van der Waals surface area (Å²) in [6.07, 6.45) is 6.39. The van der Waals surface area contributed by atoms with Gasteiger partial charge >= 0.3 is 17.9 Å². The first-order valence-electron chi connectivity index (χ1n) is 25.4. The van der Waals surface area contributed by atoms with E-state index in [1.807, 2.05) is 0 Å². The Kier molecular flexibility index (Phi) is 31.3. The van der Waals surface area contributed by atoms with Gasteiger partial charge in [0.15, 0.2) is 0 Å². The van der Waals surface area contributed by atoms with Crippen LogP contribution in [-0.2, 0) is 47.9 Å². The summed E-state index contributed by atoms with van der Waals surface area (Å²) in [6, 6.07) is -9.49. The van der Waals surface area contributed by atoms with Crippen molar-refractivity contribution in [2.24, 2.45) is 41.4 Å². The topological polar surface area (TPSA) is 316 Å². The van der Waals surface area contributed by atoms with Crippen molar-refractivity contribution < 1.29 is 63.3 Å². The van der Waals surface area contributed by atoms with E-state index in [9.17, 15) is 63.3 Å². The summed E-state index contributed by atoms with van der Waals surface area (Å²) in [6.45, 7) is 24.0. The second-order valence-electron chi connectivity index (χ2n) is 21.2. The maximum Gasteiger partial charge on any atom is 0.326 e. The van der Waals surface area contributed by atoms with Crippen LogP contribution in [0.3, 0.4) is 0 Å². The normalized spacial score (nSPS) is 15.5. The SMILES string of the molecule is CCC(C)CC(C)CCCC=CC(=O)NC(CCC(=O)O)C(=O)NC(CC(C)C)C(=O)NC(CC(C)C)C(=O)NC(C(=O)NC(CC(=O)O)C(=O)NC(CC(C)C)C(=O)NC(CC(C)C)C(=O)O)C(C)C. The first kappa shape index (κ1) is 65.4. The lowest BCUT2D eigenvalue weighted by atomic mass is 9.91. The zero-order valence-corrected chi connectivity index (χ0v) is 44.6. The fourth-order valence-electron chi connectivity index (χ4n) is 7.83. The van der Waals surface area contributed by atoms with Gasteiger partial charge in [0.05, 0.1) is 6.42 Å². The van der Waals surface area contributed by atoms with Gasteiger partial charge in [0.2, 0.25) is 41.4 Å². The minimum atomic E-state index is -1.74. The van der Waals surface area contributed by atoms with Crippen molar-refractivity contribution in [2.75, 3.05) is 0 Å². The van der Waals surface area contributed by atoms with Gasteiger partial charge in [-0.05, 0) is 98.9 Å². The van der Waals surface area contributed by atoms with Crippen LogP contribution < -0.4 is 37.2 Å². The van der Waals surface area contributed by atoms with Crippen molar-refractivity contribution in [2.45, 2.75) is 209 Å². The van der Waals surface area contributed by atoms with E-state index in [0.717, 1.165) is 25.7 Å². The molecule has 9 unspecified atom stereocenters. The minimum Gasteiger partial charge on any atom is -0.481 e. The van der Waals surface area contributed by atoms with E-state index in [1.54, 1.807) is 75.3 Å². The Labute approximate surface area is 421 Å². The lowest BCUT2D eigenvalue weighted by Crippen LogP contribution is -2.61. The van der Waals surface area contributed by atoms with Crippen LogP contribution in [0.25, 0.3) is 0 Å². The van der Waals surface area contributed by atoms with Crippen molar-refractivity contribution in [3.8, 4) is 0 Å². The van der Waals surface area contributed by atoms with Crippen LogP contribution in [0.5, 0.6) is 0 Å². The van der Waals surface area contributed by atoms with E-state index in [0.29, 0.717) is 18.3 Å². The molecule has 0 bridgehead atoms. The lowest BCUT2D eigenvalue weighted by molar-refractivity contribution is -0.143. The van der Waals surface area contributed by atoms with Gasteiger partial charge in [-0.3, -0.25) is 43.2 Å². The molecule has 9 atom stereocenters. The maximum absolute atomic E-state index is 14.1. The standard InChI is InChI=1S/C51H89N7O13/c1-14-33(12)26-34(13)18-16-15-17-19-41(59)52-35(20-21-42(60)61)45(64)53-36(22-28(2)3)46(65)55-38(24-30(6)7)49(68)58-44(32(10)11)50(69)56-39(27-43(62)63)48(67)54-37(23-29(4)5)47(66)57-40(51(70)71)25-31(8)9/h17,19,28-40,44H,14-16,18,20-27H2,1-13H3,(H,52,59)(H,53,64)(H,54,67)(H,55,65)(H,56,69)(H,57,66)(H,58,68)(H,60,61)(H,62,63)(H,70,71). The van der Waals surface area contributed by atoms with E-state index in [4.69, 9.17) is 0 Å². The van der Waals surface area contributed by atoms with Crippen LogP contribution in [0.4, 0.5) is 0 Å². The number of hydrogen-bond donors (Lipinski definition) is 10. The predicted molar refractivity (Wildman–Crippen MR) is 269 cm³/mol. The lowest BCUT2D eigenvalue weighted by Gasteiger charge is -2.29. The molecule has 406 valence electrons. The van der Waals surface area contributed by atoms with Crippen molar-refractivity contribution in [3.05, 3.63) is 12.2 Å². The first-order chi connectivity index (χ1) is 33.0. The molecule has 0 spiro atoms. The molecule has 0 rings (SSSR count). The quantitative estimate of drug-likeness (QED) is 0.0307. The van der Waals surface area contributed by atoms with Crippen LogP contribution >= 0.6 is 0 Å². The van der Waals surface area contributed by atoms with Crippen LogP contribution in [0.2, 0.25) is 0 Å². The summed E-state index contributed by atoms with van der Waals surface area (Å²) in [4.78, 5) is 131. The minimum absolute atomic E-state index is 0.0483. The third-order valence-corrected chi connectivity index (χ3v) is 11.7. The van der Waals surface area contributed by atoms with E-state index in [-0.39, 0.29) is 55.8 Å². The van der Waals surface area contributed by atoms with Gasteiger partial charge in [-0.25, -0.2) is 4.79 Å². The molecule has 0 aliphatic heterocycles. The Morgan fingerprint density at radius 1 is 0.437 bits per heavy atom. The molecule has 0 aromatic rings. The summed E-state index contributed by atoms with van der Waals surface area (Å²) in [5.41, 5.74) is 0. The molecule has 10 N–H and O–H groups in total. The number of rotatable bonds is 36. The predicted octanol–water partition coefficient (Wildman–Crippen LogP) is 4.44. The highest BCUT2D eigenvalue weighted by Gasteiger charge is 2.36. The molecule has 0 aromatic carbocycles. The van der Waals surface area contributed by atoms with Crippen LogP contribution in [0.15, 0.2) is 12.2 Å². The molecule has 0 aromatic heterocycles. The molecule has 0 heterocycles. The van der Waals surface area contributed by atoms with E-state index in [2.05, 4.69) is 58.0 Å². The van der Waals surface area contributed by atoms with Crippen LogP contribution in [0, 0.1) is 41.4 Å². The first-order valence-corrected chi connectivity index (χ1v) is 25.4. The molecule has 0 radical (unpaired) electrons. The van der Waals surface area contributed by atoms with Crippen molar-refractivity contribution in [3.63, 3.8) is 0 Å². The van der Waals surface area contributed by atoms with Crippen molar-refractivity contribution >= 4 is 59.3 Å². The summed E-state index contributed by atoms with van der Waals surface area (Å²) in [5, 5.41) is 46.7. The number of carboxylic acid groups (broad SMARTS) is 3. The largest absolute Gasteiger partial charge is 0.481 e. The fourth-order valence-corrected chi connectivity index (χ4v) is 7.83. The highest BCUT2D eigenvalue weighted by Crippen LogP contribution is 2.20. The van der Waals surface area contributed by atoms with Gasteiger partial charge in [-0.2, -0.15) is 0 Å². The third-order valence-electron chi connectivity index (χ3n) is 11.7. The van der Waals surface area contributed by atoms with Gasteiger partial charge in [0.25, 0.3) is 0 Å². The summed E-state index contributed by atoms with van der Waals surface area (Å²) in [7, 11) is 0. The number of aliphatic carboxylic acids is 3. The molecule has 0 aliphatic carbocycles. The zero-order chi connectivity index (χ0) is 54.7. The number of amides is 7. The second kappa shape index (κ2) is 33.9. The van der Waals surface area contributed by atoms with Crippen LogP contribution in [0.1, 0.15) is 167 Å². The Bertz CT molecular complexity index is 1780. The molecule has 0 saturated heterocycles. The average Bonchev–Trinajstić information content (AvgIpc) is 3.24. The smallest absolute Gasteiger partial charge is 0.326 e. The number of hydrogen-bond acceptors (Lipinski definition) is 10. The monoisotopic (exact) mass is 1010 g/mol. The number of carbonyl (C=O) groups excluding carboxylic acids is 7. The van der Waals surface area contributed by atoms with Crippen LogP contribution in [-0.4, -0.2) is 117 Å². The van der Waals surface area contributed by atoms with E-state index < -0.39 is 120 Å². The number of carboxylic acids is 3. The molecule has 0 aliphatic rings. The van der Waals surface area contributed by atoms with E-state index in [1.165, 1.54) is 6.08 Å². The second-order valence-corrected chi connectivity index (χ2v) is 21.2. The maximum atomic E-state index is 14.1. The summed E-state index contributed by atoms with van der Waals surface area (Å²) >= 11 is 0. The Morgan fingerprint density at radius 2 is 0.845 bits per heavy atom. The number of nitrogens with one attached hydrogen (secondary N) is 7. The Hall–Kier alpha value is -5.56. The molecule has 20 nitrogen and oxygen atoms in total. The van der Waals surface area contributed by atoms with Gasteiger partial charge < -0.3 is 52.5 Å². The summed E-state index contributed by atoms with van der Waals surface area (Å²) in [5.74, 6) is -9.83. The molecular formula is C51H89N7O13. The van der Waals surface area contributed by atoms with E-state index >= 15 is 0 Å². The number of carbonyl (C=O) groups is 10. The molecular weight excluding hydrogens is 919 g/mol. The summed E-state index contributed by atoms with van der Waals surface area (Å²) < 4.78 is 0. The third kappa shape index (κ3) is 28.8. The van der Waals surface area contributed by atoms with Gasteiger partial charge in [0.1, 0.15) is 42.3 Å². The molecule has 20 heteroatoms. The fraction of sp³-hybridized carbons (Fsp3) is 0.765. The Balaban J connectivity index is 6.37. The average molecular weight is 1010 g/mol. The van der Waals surface area contributed by atoms with Crippen molar-refractivity contribution in [1.29, 1.82) is 0 Å². The highest BCUT2D eigenvalue weighted by molar-refractivity contribution is 5.98. The van der Waals surface area contributed by atoms with Gasteiger partial charge in [0, 0.05) is 6.42 Å². The zero-order valence-electron chi connectivity index (χ0n) is 44.6.